The first-order valence-corrected chi connectivity index (χ1v) is 8.22. The number of aryl methyl sites for hydroxylation is 1. The van der Waals surface area contributed by atoms with E-state index < -0.39 is 10.7 Å². The van der Waals surface area contributed by atoms with E-state index in [1.165, 1.54) is 23.0 Å². The molecule has 3 aromatic rings. The van der Waals surface area contributed by atoms with Crippen molar-refractivity contribution in [1.29, 1.82) is 0 Å². The molecule has 1 aromatic carbocycles. The molecule has 0 bridgehead atoms. The number of hydrogen-bond donors (Lipinski definition) is 1. The SMILES string of the molecule is O=C(CCn1cc([N+](=O)[O-])cn1)Nc1ccn(Cc2ccc(F)cc2Cl)n1. The minimum absolute atomic E-state index is 0.0789. The second kappa shape index (κ2) is 7.96. The summed E-state index contributed by atoms with van der Waals surface area (Å²) in [5, 5.41) is 21.6. The molecule has 2 aromatic heterocycles. The van der Waals surface area contributed by atoms with Gasteiger partial charge in [0.15, 0.2) is 5.82 Å². The van der Waals surface area contributed by atoms with Crippen LogP contribution in [0, 0.1) is 15.9 Å². The van der Waals surface area contributed by atoms with Crippen LogP contribution in [0.4, 0.5) is 15.9 Å². The van der Waals surface area contributed by atoms with Crippen LogP contribution in [0.5, 0.6) is 0 Å². The molecule has 0 saturated carbocycles. The number of benzene rings is 1. The molecule has 0 fully saturated rings. The van der Waals surface area contributed by atoms with Crippen molar-refractivity contribution in [3.8, 4) is 0 Å². The molecule has 3 rings (SSSR count). The zero-order valence-corrected chi connectivity index (χ0v) is 14.6. The molecule has 2 heterocycles. The Bertz CT molecular complexity index is 986. The molecule has 0 aliphatic carbocycles. The highest BCUT2D eigenvalue weighted by molar-refractivity contribution is 6.31. The summed E-state index contributed by atoms with van der Waals surface area (Å²) in [6.07, 6.45) is 4.12. The van der Waals surface area contributed by atoms with E-state index in [9.17, 15) is 19.3 Å². The third-order valence-electron chi connectivity index (χ3n) is 3.65. The minimum atomic E-state index is -0.552. The fraction of sp³-hybridized carbons (Fsp3) is 0.188. The lowest BCUT2D eigenvalue weighted by Gasteiger charge is -2.05. The predicted octanol–water partition coefficient (Wildman–Crippen LogP) is 2.86. The average Bonchev–Trinajstić information content (AvgIpc) is 3.25. The number of hydrogen-bond acceptors (Lipinski definition) is 5. The van der Waals surface area contributed by atoms with Gasteiger partial charge in [0.2, 0.25) is 5.91 Å². The van der Waals surface area contributed by atoms with E-state index in [4.69, 9.17) is 11.6 Å². The van der Waals surface area contributed by atoms with E-state index >= 15 is 0 Å². The Balaban J connectivity index is 1.53. The summed E-state index contributed by atoms with van der Waals surface area (Å²) in [5.74, 6) is -0.373. The molecular weight excluding hydrogens is 379 g/mol. The van der Waals surface area contributed by atoms with Crippen molar-refractivity contribution in [2.75, 3.05) is 5.32 Å². The van der Waals surface area contributed by atoms with Crippen molar-refractivity contribution >= 4 is 29.0 Å². The van der Waals surface area contributed by atoms with Gasteiger partial charge in [0.05, 0.1) is 11.5 Å². The van der Waals surface area contributed by atoms with Crippen LogP contribution < -0.4 is 5.32 Å². The number of rotatable bonds is 7. The van der Waals surface area contributed by atoms with E-state index in [0.717, 1.165) is 6.20 Å². The fourth-order valence-corrected chi connectivity index (χ4v) is 2.56. The second-order valence-electron chi connectivity index (χ2n) is 5.65. The van der Waals surface area contributed by atoms with Crippen molar-refractivity contribution in [3.63, 3.8) is 0 Å². The van der Waals surface area contributed by atoms with E-state index in [1.54, 1.807) is 23.0 Å². The minimum Gasteiger partial charge on any atom is -0.309 e. The van der Waals surface area contributed by atoms with E-state index in [2.05, 4.69) is 15.5 Å². The monoisotopic (exact) mass is 392 g/mol. The van der Waals surface area contributed by atoms with Crippen LogP contribution in [0.2, 0.25) is 5.02 Å². The normalized spacial score (nSPS) is 10.7. The number of nitrogens with zero attached hydrogens (tertiary/aromatic N) is 5. The average molecular weight is 393 g/mol. The molecule has 11 heteroatoms. The number of carbonyl (C=O) groups is 1. The molecular formula is C16H14ClFN6O3. The van der Waals surface area contributed by atoms with E-state index in [1.807, 2.05) is 0 Å². The van der Waals surface area contributed by atoms with Crippen LogP contribution >= 0.6 is 11.6 Å². The molecule has 140 valence electrons. The summed E-state index contributed by atoms with van der Waals surface area (Å²) in [6.45, 7) is 0.525. The first-order valence-electron chi connectivity index (χ1n) is 7.85. The molecule has 0 atom stereocenters. The van der Waals surface area contributed by atoms with Crippen LogP contribution in [0.25, 0.3) is 0 Å². The molecule has 27 heavy (non-hydrogen) atoms. The highest BCUT2D eigenvalue weighted by Crippen LogP contribution is 2.18. The van der Waals surface area contributed by atoms with Gasteiger partial charge in [0.25, 0.3) is 0 Å². The predicted molar refractivity (Wildman–Crippen MR) is 94.9 cm³/mol. The van der Waals surface area contributed by atoms with Gasteiger partial charge in [-0.3, -0.25) is 24.3 Å². The van der Waals surface area contributed by atoms with Crippen molar-refractivity contribution in [2.24, 2.45) is 0 Å². The zero-order chi connectivity index (χ0) is 19.4. The smallest absolute Gasteiger partial charge is 0.306 e. The summed E-state index contributed by atoms with van der Waals surface area (Å²) in [5.41, 5.74) is 0.563. The number of nitrogens with one attached hydrogen (secondary N) is 1. The molecule has 0 aliphatic rings. The maximum atomic E-state index is 13.1. The summed E-state index contributed by atoms with van der Waals surface area (Å²) in [7, 11) is 0. The summed E-state index contributed by atoms with van der Waals surface area (Å²) in [4.78, 5) is 22.0. The summed E-state index contributed by atoms with van der Waals surface area (Å²) in [6, 6.07) is 5.73. The van der Waals surface area contributed by atoms with Gasteiger partial charge in [-0.1, -0.05) is 17.7 Å². The topological polar surface area (TPSA) is 108 Å². The van der Waals surface area contributed by atoms with Crippen LogP contribution in [-0.4, -0.2) is 30.4 Å². The maximum absolute atomic E-state index is 13.1. The Morgan fingerprint density at radius 3 is 2.85 bits per heavy atom. The van der Waals surface area contributed by atoms with Gasteiger partial charge in [0.1, 0.15) is 18.2 Å². The third-order valence-corrected chi connectivity index (χ3v) is 4.01. The van der Waals surface area contributed by atoms with Gasteiger partial charge >= 0.3 is 5.69 Å². The van der Waals surface area contributed by atoms with Gasteiger partial charge in [-0.2, -0.15) is 10.2 Å². The van der Waals surface area contributed by atoms with Crippen molar-refractivity contribution in [2.45, 2.75) is 19.5 Å². The Morgan fingerprint density at radius 2 is 2.15 bits per heavy atom. The molecule has 1 N–H and O–H groups in total. The van der Waals surface area contributed by atoms with Gasteiger partial charge < -0.3 is 5.32 Å². The Hall–Kier alpha value is -3.27. The van der Waals surface area contributed by atoms with Crippen LogP contribution in [0.3, 0.4) is 0 Å². The Kier molecular flexibility index (Phi) is 5.46. The lowest BCUT2D eigenvalue weighted by molar-refractivity contribution is -0.385. The molecule has 0 saturated heterocycles. The molecule has 9 nitrogen and oxygen atoms in total. The van der Waals surface area contributed by atoms with Gasteiger partial charge in [-0.15, -0.1) is 0 Å². The standard InChI is InChI=1S/C16H14ClFN6O3/c17-14-7-12(18)2-1-11(14)9-23-5-3-15(21-23)20-16(25)4-6-22-10-13(8-19-22)24(26)27/h1-3,5,7-8,10H,4,6,9H2,(H,20,21,25). The van der Waals surface area contributed by atoms with Crippen LogP contribution in [0.1, 0.15) is 12.0 Å². The van der Waals surface area contributed by atoms with E-state index in [-0.39, 0.29) is 24.6 Å². The van der Waals surface area contributed by atoms with Crippen molar-refractivity contribution in [3.05, 3.63) is 69.4 Å². The van der Waals surface area contributed by atoms with Crippen LogP contribution in [0.15, 0.2) is 42.9 Å². The van der Waals surface area contributed by atoms with E-state index in [0.29, 0.717) is 22.9 Å². The molecule has 1 amide bonds. The molecule has 0 aliphatic heterocycles. The number of aromatic nitrogens is 4. The Labute approximate surface area is 157 Å². The third kappa shape index (κ3) is 4.88. The summed E-state index contributed by atoms with van der Waals surface area (Å²) >= 11 is 5.99. The van der Waals surface area contributed by atoms with Crippen LogP contribution in [-0.2, 0) is 17.9 Å². The number of halogens is 2. The Morgan fingerprint density at radius 1 is 1.33 bits per heavy atom. The first-order chi connectivity index (χ1) is 12.9. The number of amides is 1. The lowest BCUT2D eigenvalue weighted by Crippen LogP contribution is -2.15. The van der Waals surface area contributed by atoms with Crippen molar-refractivity contribution < 1.29 is 14.1 Å². The second-order valence-corrected chi connectivity index (χ2v) is 6.06. The largest absolute Gasteiger partial charge is 0.309 e. The fourth-order valence-electron chi connectivity index (χ4n) is 2.33. The zero-order valence-electron chi connectivity index (χ0n) is 13.9. The van der Waals surface area contributed by atoms with Gasteiger partial charge in [-0.05, 0) is 17.7 Å². The molecule has 0 spiro atoms. The summed E-state index contributed by atoms with van der Waals surface area (Å²) < 4.78 is 16.0. The quantitative estimate of drug-likeness (QED) is 0.491. The maximum Gasteiger partial charge on any atom is 0.306 e. The van der Waals surface area contributed by atoms with Gasteiger partial charge in [-0.25, -0.2) is 4.39 Å². The van der Waals surface area contributed by atoms with Crippen molar-refractivity contribution in [1.82, 2.24) is 19.6 Å². The highest BCUT2D eigenvalue weighted by atomic mass is 35.5. The molecule has 0 unspecified atom stereocenters. The number of anilines is 1. The first kappa shape index (κ1) is 18.5. The van der Waals surface area contributed by atoms with Gasteiger partial charge in [0, 0.05) is 30.3 Å². The number of carbonyl (C=O) groups excluding carboxylic acids is 1. The number of nitro groups is 1. The highest BCUT2D eigenvalue weighted by Gasteiger charge is 2.11. The lowest BCUT2D eigenvalue weighted by atomic mass is 10.2. The molecule has 0 radical (unpaired) electrons.